The number of halogens is 1. The number of carbonyl (C=O) groups is 1. The van der Waals surface area contributed by atoms with Gasteiger partial charge in [-0.3, -0.25) is 14.9 Å². The van der Waals surface area contributed by atoms with Gasteiger partial charge in [-0.15, -0.1) is 0 Å². The highest BCUT2D eigenvalue weighted by Gasteiger charge is 2.19. The Hall–Kier alpha value is -3.47. The van der Waals surface area contributed by atoms with Crippen LogP contribution in [0.4, 0.5) is 21.5 Å². The Balaban J connectivity index is 2.14. The first-order valence-corrected chi connectivity index (χ1v) is 6.86. The van der Waals surface area contributed by atoms with Crippen molar-refractivity contribution in [3.05, 3.63) is 64.0 Å². The molecule has 0 unspecified atom stereocenters. The van der Waals surface area contributed by atoms with E-state index >= 15 is 0 Å². The standard InChI is InChI=1S/C16H13FN4O3/c1-20(10-16(22)19-13-4-2-3-12(17)8-13)14-6-5-11(9-18)7-15(14)21(23)24/h2-8H,10H2,1H3,(H,19,22). The van der Waals surface area contributed by atoms with E-state index in [0.717, 1.165) is 6.07 Å². The molecule has 0 aliphatic heterocycles. The number of carbonyl (C=O) groups excluding carboxylic acids is 1. The van der Waals surface area contributed by atoms with Gasteiger partial charge in [0.1, 0.15) is 11.5 Å². The zero-order valence-corrected chi connectivity index (χ0v) is 12.7. The number of anilines is 2. The Kier molecular flexibility index (Phi) is 5.06. The number of benzene rings is 2. The monoisotopic (exact) mass is 328 g/mol. The van der Waals surface area contributed by atoms with Crippen molar-refractivity contribution in [2.24, 2.45) is 0 Å². The van der Waals surface area contributed by atoms with Crippen LogP contribution >= 0.6 is 0 Å². The lowest BCUT2D eigenvalue weighted by Crippen LogP contribution is -2.30. The van der Waals surface area contributed by atoms with Crippen molar-refractivity contribution in [2.75, 3.05) is 23.8 Å². The Morgan fingerprint density at radius 2 is 2.12 bits per heavy atom. The molecule has 0 saturated heterocycles. The number of nitro groups is 1. The maximum Gasteiger partial charge on any atom is 0.293 e. The van der Waals surface area contributed by atoms with Crippen molar-refractivity contribution in [1.82, 2.24) is 0 Å². The lowest BCUT2D eigenvalue weighted by Gasteiger charge is -2.18. The summed E-state index contributed by atoms with van der Waals surface area (Å²) in [6.45, 7) is -0.177. The Morgan fingerprint density at radius 1 is 1.38 bits per heavy atom. The van der Waals surface area contributed by atoms with E-state index in [9.17, 15) is 19.3 Å². The maximum absolute atomic E-state index is 13.1. The van der Waals surface area contributed by atoms with Gasteiger partial charge in [-0.2, -0.15) is 5.26 Å². The number of rotatable bonds is 5. The van der Waals surface area contributed by atoms with Crippen LogP contribution in [0.2, 0.25) is 0 Å². The molecule has 0 aliphatic carbocycles. The van der Waals surface area contributed by atoms with E-state index in [1.807, 2.05) is 6.07 Å². The molecule has 8 heteroatoms. The van der Waals surface area contributed by atoms with E-state index in [1.54, 1.807) is 0 Å². The number of hydrogen-bond donors (Lipinski definition) is 1. The van der Waals surface area contributed by atoms with Gasteiger partial charge in [0.05, 0.1) is 23.1 Å². The molecule has 7 nitrogen and oxygen atoms in total. The van der Waals surface area contributed by atoms with Gasteiger partial charge in [-0.1, -0.05) is 6.07 Å². The molecule has 0 atom stereocenters. The number of nitrogens with one attached hydrogen (secondary N) is 1. The summed E-state index contributed by atoms with van der Waals surface area (Å²) < 4.78 is 13.1. The fourth-order valence-corrected chi connectivity index (χ4v) is 2.13. The van der Waals surface area contributed by atoms with Gasteiger partial charge in [0.25, 0.3) is 5.69 Å². The van der Waals surface area contributed by atoms with Crippen molar-refractivity contribution >= 4 is 23.0 Å². The van der Waals surface area contributed by atoms with Crippen molar-refractivity contribution in [1.29, 1.82) is 5.26 Å². The number of hydrogen-bond acceptors (Lipinski definition) is 5. The van der Waals surface area contributed by atoms with Gasteiger partial charge in [0.2, 0.25) is 5.91 Å². The van der Waals surface area contributed by atoms with Crippen molar-refractivity contribution < 1.29 is 14.1 Å². The van der Waals surface area contributed by atoms with Crippen LogP contribution in [0.15, 0.2) is 42.5 Å². The highest BCUT2D eigenvalue weighted by atomic mass is 19.1. The van der Waals surface area contributed by atoms with E-state index in [-0.39, 0.29) is 23.5 Å². The third kappa shape index (κ3) is 4.04. The van der Waals surface area contributed by atoms with E-state index in [0.29, 0.717) is 5.69 Å². The number of likely N-dealkylation sites (N-methyl/N-ethyl adjacent to an activating group) is 1. The van der Waals surface area contributed by atoms with Crippen LogP contribution in [0.1, 0.15) is 5.56 Å². The molecule has 0 radical (unpaired) electrons. The fraction of sp³-hybridized carbons (Fsp3) is 0.125. The molecule has 0 aliphatic rings. The summed E-state index contributed by atoms with van der Waals surface area (Å²) in [5.41, 5.74) is 0.384. The molecule has 0 bridgehead atoms. The predicted octanol–water partition coefficient (Wildman–Crippen LogP) is 2.68. The molecule has 0 heterocycles. The minimum atomic E-state index is -0.614. The number of nitriles is 1. The molecule has 0 fully saturated rings. The maximum atomic E-state index is 13.1. The molecule has 2 aromatic carbocycles. The second-order valence-electron chi connectivity index (χ2n) is 4.99. The molecule has 1 amide bonds. The third-order valence-electron chi connectivity index (χ3n) is 3.20. The first-order chi connectivity index (χ1) is 11.4. The summed E-state index contributed by atoms with van der Waals surface area (Å²) in [4.78, 5) is 23.9. The molecule has 0 saturated carbocycles. The first-order valence-electron chi connectivity index (χ1n) is 6.86. The van der Waals surface area contributed by atoms with Gasteiger partial charge < -0.3 is 10.2 Å². The number of amides is 1. The molecule has 24 heavy (non-hydrogen) atoms. The Morgan fingerprint density at radius 3 is 2.75 bits per heavy atom. The SMILES string of the molecule is CN(CC(=O)Nc1cccc(F)c1)c1ccc(C#N)cc1[N+](=O)[O-]. The molecule has 122 valence electrons. The van der Waals surface area contributed by atoms with Gasteiger partial charge >= 0.3 is 0 Å². The zero-order valence-electron chi connectivity index (χ0n) is 12.7. The van der Waals surface area contributed by atoms with E-state index in [1.165, 1.54) is 48.3 Å². The molecular weight excluding hydrogens is 315 g/mol. The quantitative estimate of drug-likeness (QED) is 0.672. The average Bonchev–Trinajstić information content (AvgIpc) is 2.53. The molecule has 2 aromatic rings. The van der Waals surface area contributed by atoms with Crippen LogP contribution in [0.3, 0.4) is 0 Å². The number of nitro benzene ring substituents is 1. The van der Waals surface area contributed by atoms with Crippen LogP contribution in [-0.2, 0) is 4.79 Å². The summed E-state index contributed by atoms with van der Waals surface area (Å²) >= 11 is 0. The smallest absolute Gasteiger partial charge is 0.293 e. The molecule has 1 N–H and O–H groups in total. The summed E-state index contributed by atoms with van der Waals surface area (Å²) in [5, 5.41) is 22.5. The van der Waals surface area contributed by atoms with Crippen molar-refractivity contribution in [3.63, 3.8) is 0 Å². The topological polar surface area (TPSA) is 99.3 Å². The molecule has 0 aromatic heterocycles. The minimum Gasteiger partial charge on any atom is -0.360 e. The first kappa shape index (κ1) is 16.9. The lowest BCUT2D eigenvalue weighted by atomic mass is 10.1. The highest BCUT2D eigenvalue weighted by molar-refractivity contribution is 5.94. The van der Waals surface area contributed by atoms with Gasteiger partial charge in [0.15, 0.2) is 0 Å². The summed E-state index contributed by atoms with van der Waals surface area (Å²) in [6.07, 6.45) is 0. The normalized spacial score (nSPS) is 9.88. The van der Waals surface area contributed by atoms with E-state index in [4.69, 9.17) is 5.26 Å². The highest BCUT2D eigenvalue weighted by Crippen LogP contribution is 2.28. The summed E-state index contributed by atoms with van der Waals surface area (Å²) in [5.74, 6) is -0.939. The van der Waals surface area contributed by atoms with Crippen LogP contribution < -0.4 is 10.2 Å². The van der Waals surface area contributed by atoms with E-state index in [2.05, 4.69) is 5.32 Å². The molecular formula is C16H13FN4O3. The lowest BCUT2D eigenvalue weighted by molar-refractivity contribution is -0.384. The van der Waals surface area contributed by atoms with E-state index < -0.39 is 16.6 Å². The summed E-state index contributed by atoms with van der Waals surface area (Å²) in [7, 11) is 1.51. The van der Waals surface area contributed by atoms with Crippen molar-refractivity contribution in [2.45, 2.75) is 0 Å². The fourth-order valence-electron chi connectivity index (χ4n) is 2.13. The largest absolute Gasteiger partial charge is 0.360 e. The predicted molar refractivity (Wildman–Crippen MR) is 86.1 cm³/mol. The van der Waals surface area contributed by atoms with Crippen LogP contribution in [0.25, 0.3) is 0 Å². The van der Waals surface area contributed by atoms with Crippen LogP contribution in [0, 0.1) is 27.3 Å². The van der Waals surface area contributed by atoms with Crippen LogP contribution in [-0.4, -0.2) is 24.4 Å². The molecule has 2 rings (SSSR count). The Labute approximate surface area is 137 Å². The zero-order chi connectivity index (χ0) is 17.7. The van der Waals surface area contributed by atoms with Gasteiger partial charge in [0, 0.05) is 18.8 Å². The van der Waals surface area contributed by atoms with Gasteiger partial charge in [-0.25, -0.2) is 4.39 Å². The third-order valence-corrected chi connectivity index (χ3v) is 3.20. The number of nitrogens with zero attached hydrogens (tertiary/aromatic N) is 3. The summed E-state index contributed by atoms with van der Waals surface area (Å²) in [6, 6.07) is 11.2. The molecule has 0 spiro atoms. The second kappa shape index (κ2) is 7.19. The Bertz CT molecular complexity index is 832. The second-order valence-corrected chi connectivity index (χ2v) is 4.99. The van der Waals surface area contributed by atoms with Crippen LogP contribution in [0.5, 0.6) is 0 Å². The van der Waals surface area contributed by atoms with Crippen molar-refractivity contribution in [3.8, 4) is 6.07 Å². The minimum absolute atomic E-state index is 0.156. The average molecular weight is 328 g/mol. The van der Waals surface area contributed by atoms with Gasteiger partial charge in [-0.05, 0) is 30.3 Å².